The van der Waals surface area contributed by atoms with Crippen LogP contribution in [0.3, 0.4) is 0 Å². The zero-order valence-corrected chi connectivity index (χ0v) is 11.7. The van der Waals surface area contributed by atoms with Gasteiger partial charge in [-0.25, -0.2) is 0 Å². The van der Waals surface area contributed by atoms with Crippen molar-refractivity contribution < 1.29 is 9.53 Å². The van der Waals surface area contributed by atoms with Crippen molar-refractivity contribution in [2.75, 3.05) is 25.4 Å². The SMILES string of the molecule is CCOC(=O)CCCNCCSc1ccccc1. The summed E-state index contributed by atoms with van der Waals surface area (Å²) in [7, 11) is 0. The highest BCUT2D eigenvalue weighted by Gasteiger charge is 2.00. The molecule has 1 N–H and O–H groups in total. The Morgan fingerprint density at radius 3 is 2.78 bits per heavy atom. The molecule has 3 nitrogen and oxygen atoms in total. The second kappa shape index (κ2) is 9.97. The summed E-state index contributed by atoms with van der Waals surface area (Å²) in [6.45, 7) is 4.13. The monoisotopic (exact) mass is 267 g/mol. The van der Waals surface area contributed by atoms with Crippen molar-refractivity contribution in [3.63, 3.8) is 0 Å². The maximum atomic E-state index is 11.1. The molecule has 4 heteroatoms. The van der Waals surface area contributed by atoms with Gasteiger partial charge in [0.2, 0.25) is 0 Å². The Labute approximate surface area is 113 Å². The van der Waals surface area contributed by atoms with E-state index in [-0.39, 0.29) is 5.97 Å². The van der Waals surface area contributed by atoms with Crippen LogP contribution in [0.1, 0.15) is 19.8 Å². The summed E-state index contributed by atoms with van der Waals surface area (Å²) in [5.41, 5.74) is 0. The normalized spacial score (nSPS) is 10.3. The number of benzene rings is 1. The number of carbonyl (C=O) groups excluding carboxylic acids is 1. The fraction of sp³-hybridized carbons (Fsp3) is 0.500. The number of hydrogen-bond acceptors (Lipinski definition) is 4. The minimum Gasteiger partial charge on any atom is -0.466 e. The Morgan fingerprint density at radius 1 is 1.28 bits per heavy atom. The molecule has 0 aliphatic rings. The van der Waals surface area contributed by atoms with Crippen molar-refractivity contribution in [3.05, 3.63) is 30.3 Å². The predicted octanol–water partition coefficient (Wildman–Crippen LogP) is 2.71. The van der Waals surface area contributed by atoms with E-state index in [1.165, 1.54) is 4.90 Å². The predicted molar refractivity (Wildman–Crippen MR) is 75.9 cm³/mol. The lowest BCUT2D eigenvalue weighted by Gasteiger charge is -2.05. The molecule has 0 unspecified atom stereocenters. The summed E-state index contributed by atoms with van der Waals surface area (Å²) in [4.78, 5) is 12.4. The average Bonchev–Trinajstić information content (AvgIpc) is 2.39. The van der Waals surface area contributed by atoms with Gasteiger partial charge in [-0.1, -0.05) is 18.2 Å². The van der Waals surface area contributed by atoms with E-state index in [9.17, 15) is 4.79 Å². The van der Waals surface area contributed by atoms with Crippen LogP contribution in [-0.2, 0) is 9.53 Å². The summed E-state index contributed by atoms with van der Waals surface area (Å²) >= 11 is 1.84. The van der Waals surface area contributed by atoms with Crippen molar-refractivity contribution in [1.82, 2.24) is 5.32 Å². The molecule has 1 rings (SSSR count). The highest BCUT2D eigenvalue weighted by atomic mass is 32.2. The minimum atomic E-state index is -0.0991. The largest absolute Gasteiger partial charge is 0.466 e. The van der Waals surface area contributed by atoms with Crippen molar-refractivity contribution in [2.24, 2.45) is 0 Å². The van der Waals surface area contributed by atoms with E-state index in [1.807, 2.05) is 24.8 Å². The molecule has 1 aromatic rings. The Morgan fingerprint density at radius 2 is 2.06 bits per heavy atom. The molecule has 18 heavy (non-hydrogen) atoms. The van der Waals surface area contributed by atoms with Gasteiger partial charge in [-0.3, -0.25) is 4.79 Å². The smallest absolute Gasteiger partial charge is 0.305 e. The maximum absolute atomic E-state index is 11.1. The number of hydrogen-bond donors (Lipinski definition) is 1. The number of rotatable bonds is 9. The zero-order chi connectivity index (χ0) is 13.1. The Hall–Kier alpha value is -1.00. The van der Waals surface area contributed by atoms with Crippen LogP contribution in [0.25, 0.3) is 0 Å². The number of esters is 1. The number of thioether (sulfide) groups is 1. The Balaban J connectivity index is 1.92. The van der Waals surface area contributed by atoms with Gasteiger partial charge < -0.3 is 10.1 Å². The third-order valence-corrected chi connectivity index (χ3v) is 3.34. The van der Waals surface area contributed by atoms with Gasteiger partial charge in [-0.05, 0) is 32.0 Å². The van der Waals surface area contributed by atoms with Crippen molar-refractivity contribution in [3.8, 4) is 0 Å². The number of ether oxygens (including phenoxy) is 1. The fourth-order valence-electron chi connectivity index (χ4n) is 1.47. The van der Waals surface area contributed by atoms with Gasteiger partial charge in [0.05, 0.1) is 6.61 Å². The van der Waals surface area contributed by atoms with Gasteiger partial charge in [0.1, 0.15) is 0 Å². The molecule has 1 aromatic carbocycles. The van der Waals surface area contributed by atoms with Crippen LogP contribution in [-0.4, -0.2) is 31.4 Å². The van der Waals surface area contributed by atoms with Gasteiger partial charge in [-0.15, -0.1) is 11.8 Å². The highest BCUT2D eigenvalue weighted by molar-refractivity contribution is 7.99. The first-order valence-electron chi connectivity index (χ1n) is 6.37. The molecule has 0 saturated carbocycles. The molecule has 0 saturated heterocycles. The molecule has 0 aliphatic heterocycles. The molecule has 100 valence electrons. The molecular formula is C14H21NO2S. The molecule has 0 aromatic heterocycles. The third-order valence-electron chi connectivity index (χ3n) is 2.33. The Kier molecular flexibility index (Phi) is 8.34. The molecule has 0 aliphatic carbocycles. The van der Waals surface area contributed by atoms with Crippen molar-refractivity contribution in [1.29, 1.82) is 0 Å². The van der Waals surface area contributed by atoms with E-state index in [0.29, 0.717) is 13.0 Å². The summed E-state index contributed by atoms with van der Waals surface area (Å²) in [6.07, 6.45) is 1.35. The van der Waals surface area contributed by atoms with Crippen LogP contribution in [0, 0.1) is 0 Å². The molecule has 0 spiro atoms. The summed E-state index contributed by atoms with van der Waals surface area (Å²) in [6, 6.07) is 10.4. The molecule has 0 radical (unpaired) electrons. The minimum absolute atomic E-state index is 0.0991. The third kappa shape index (κ3) is 7.35. The van der Waals surface area contributed by atoms with E-state index >= 15 is 0 Å². The molecule has 0 bridgehead atoms. The van der Waals surface area contributed by atoms with E-state index in [4.69, 9.17) is 4.74 Å². The molecule has 0 fully saturated rings. The quantitative estimate of drug-likeness (QED) is 0.424. The lowest BCUT2D eigenvalue weighted by molar-refractivity contribution is -0.143. The van der Waals surface area contributed by atoms with Crippen LogP contribution in [0.2, 0.25) is 0 Å². The Bertz CT molecular complexity index is 330. The van der Waals surface area contributed by atoms with Gasteiger partial charge in [0, 0.05) is 23.6 Å². The molecule has 0 heterocycles. The molecular weight excluding hydrogens is 246 g/mol. The lowest BCUT2D eigenvalue weighted by Crippen LogP contribution is -2.19. The first-order chi connectivity index (χ1) is 8.83. The standard InChI is InChI=1S/C14H21NO2S/c1-2-17-14(16)9-6-10-15-11-12-18-13-7-4-3-5-8-13/h3-5,7-8,15H,2,6,9-12H2,1H3. The number of carbonyl (C=O) groups is 1. The number of nitrogens with one attached hydrogen (secondary N) is 1. The van der Waals surface area contributed by atoms with Crippen LogP contribution >= 0.6 is 11.8 Å². The molecule has 0 atom stereocenters. The highest BCUT2D eigenvalue weighted by Crippen LogP contribution is 2.15. The fourth-order valence-corrected chi connectivity index (χ4v) is 2.31. The van der Waals surface area contributed by atoms with E-state index in [0.717, 1.165) is 25.3 Å². The van der Waals surface area contributed by atoms with Crippen LogP contribution in [0.4, 0.5) is 0 Å². The topological polar surface area (TPSA) is 38.3 Å². The average molecular weight is 267 g/mol. The van der Waals surface area contributed by atoms with Gasteiger partial charge in [-0.2, -0.15) is 0 Å². The summed E-state index contributed by atoms with van der Waals surface area (Å²) in [5.74, 6) is 0.946. The second-order valence-corrected chi connectivity index (χ2v) is 4.99. The summed E-state index contributed by atoms with van der Waals surface area (Å²) < 4.78 is 4.86. The molecule has 0 amide bonds. The van der Waals surface area contributed by atoms with Crippen LogP contribution in [0.5, 0.6) is 0 Å². The summed E-state index contributed by atoms with van der Waals surface area (Å²) in [5, 5.41) is 3.32. The lowest BCUT2D eigenvalue weighted by atomic mass is 10.3. The van der Waals surface area contributed by atoms with Gasteiger partial charge >= 0.3 is 5.97 Å². The van der Waals surface area contributed by atoms with Crippen molar-refractivity contribution in [2.45, 2.75) is 24.7 Å². The van der Waals surface area contributed by atoms with Crippen LogP contribution < -0.4 is 5.32 Å². The van der Waals surface area contributed by atoms with Gasteiger partial charge in [0.15, 0.2) is 0 Å². The van der Waals surface area contributed by atoms with Crippen LogP contribution in [0.15, 0.2) is 35.2 Å². The first-order valence-corrected chi connectivity index (χ1v) is 7.35. The maximum Gasteiger partial charge on any atom is 0.305 e. The second-order valence-electron chi connectivity index (χ2n) is 3.82. The van der Waals surface area contributed by atoms with Crippen molar-refractivity contribution >= 4 is 17.7 Å². The first kappa shape index (κ1) is 15.1. The van der Waals surface area contributed by atoms with E-state index in [2.05, 4.69) is 29.6 Å². The van der Waals surface area contributed by atoms with E-state index < -0.39 is 0 Å². The van der Waals surface area contributed by atoms with Gasteiger partial charge in [0.25, 0.3) is 0 Å². The van der Waals surface area contributed by atoms with E-state index in [1.54, 1.807) is 0 Å². The zero-order valence-electron chi connectivity index (χ0n) is 10.9.